The predicted molar refractivity (Wildman–Crippen MR) is 80.4 cm³/mol. The second kappa shape index (κ2) is 7.78. The van der Waals surface area contributed by atoms with Gasteiger partial charge in [0.15, 0.2) is 0 Å². The molecule has 1 rings (SSSR count). The first kappa shape index (κ1) is 17.2. The molecule has 21 heavy (non-hydrogen) atoms. The van der Waals surface area contributed by atoms with Gasteiger partial charge in [0.1, 0.15) is 0 Å². The van der Waals surface area contributed by atoms with Crippen LogP contribution in [0.3, 0.4) is 0 Å². The van der Waals surface area contributed by atoms with Crippen molar-refractivity contribution >= 4 is 29.1 Å². The van der Waals surface area contributed by atoms with Gasteiger partial charge in [0.2, 0.25) is 5.91 Å². The van der Waals surface area contributed by atoms with Crippen molar-refractivity contribution in [1.82, 2.24) is 9.80 Å². The van der Waals surface area contributed by atoms with Crippen LogP contribution in [0.15, 0.2) is 17.5 Å². The summed E-state index contributed by atoms with van der Waals surface area (Å²) in [6.45, 7) is 3.73. The number of carbonyl (C=O) groups excluding carboxylic acids is 2. The van der Waals surface area contributed by atoms with Gasteiger partial charge in [-0.05, 0) is 25.3 Å². The van der Waals surface area contributed by atoms with Gasteiger partial charge in [0.05, 0.1) is 17.8 Å². The highest BCUT2D eigenvalue weighted by molar-refractivity contribution is 7.12. The molecule has 6 nitrogen and oxygen atoms in total. The lowest BCUT2D eigenvalue weighted by molar-refractivity contribution is -0.139. The standard InChI is InChI=1S/C14H20N2O4S/c1-10(2)16(7-6-13(18)19)12(17)9-15(3)14(20)11-5-4-8-21-11/h4-5,8,10H,6-7,9H2,1-3H3,(H,18,19). The number of aliphatic carboxylic acids is 1. The van der Waals surface area contributed by atoms with Crippen LogP contribution < -0.4 is 0 Å². The van der Waals surface area contributed by atoms with Crippen molar-refractivity contribution in [2.24, 2.45) is 0 Å². The highest BCUT2D eigenvalue weighted by atomic mass is 32.1. The Morgan fingerprint density at radius 3 is 2.48 bits per heavy atom. The number of nitrogens with zero attached hydrogens (tertiary/aromatic N) is 2. The molecule has 0 aromatic carbocycles. The first-order valence-corrected chi connectivity index (χ1v) is 7.51. The van der Waals surface area contributed by atoms with E-state index in [4.69, 9.17) is 5.11 Å². The van der Waals surface area contributed by atoms with Crippen molar-refractivity contribution < 1.29 is 19.5 Å². The fourth-order valence-corrected chi connectivity index (χ4v) is 2.56. The van der Waals surface area contributed by atoms with Gasteiger partial charge in [-0.25, -0.2) is 0 Å². The molecule has 7 heteroatoms. The summed E-state index contributed by atoms with van der Waals surface area (Å²) in [7, 11) is 1.57. The van der Waals surface area contributed by atoms with Crippen molar-refractivity contribution in [3.63, 3.8) is 0 Å². The summed E-state index contributed by atoms with van der Waals surface area (Å²) in [5.41, 5.74) is 0. The van der Waals surface area contributed by atoms with E-state index in [9.17, 15) is 14.4 Å². The number of thiophene rings is 1. The van der Waals surface area contributed by atoms with Crippen LogP contribution in [0.1, 0.15) is 29.9 Å². The van der Waals surface area contributed by atoms with Crippen LogP contribution in [0, 0.1) is 0 Å². The van der Waals surface area contributed by atoms with E-state index >= 15 is 0 Å². The lowest BCUT2D eigenvalue weighted by atomic mass is 10.2. The number of likely N-dealkylation sites (N-methyl/N-ethyl adjacent to an activating group) is 1. The van der Waals surface area contributed by atoms with Crippen molar-refractivity contribution in [3.8, 4) is 0 Å². The van der Waals surface area contributed by atoms with E-state index in [0.717, 1.165) is 0 Å². The van der Waals surface area contributed by atoms with Crippen molar-refractivity contribution in [3.05, 3.63) is 22.4 Å². The molecule has 1 aromatic rings. The van der Waals surface area contributed by atoms with Crippen LogP contribution in [0.4, 0.5) is 0 Å². The van der Waals surface area contributed by atoms with Crippen LogP contribution in [-0.4, -0.2) is 58.9 Å². The van der Waals surface area contributed by atoms with E-state index in [1.54, 1.807) is 24.6 Å². The maximum Gasteiger partial charge on any atom is 0.305 e. The van der Waals surface area contributed by atoms with Gasteiger partial charge >= 0.3 is 5.97 Å². The third kappa shape index (κ3) is 5.18. The highest BCUT2D eigenvalue weighted by Crippen LogP contribution is 2.11. The average Bonchev–Trinajstić information content (AvgIpc) is 2.90. The maximum absolute atomic E-state index is 12.2. The zero-order valence-electron chi connectivity index (χ0n) is 12.4. The van der Waals surface area contributed by atoms with Crippen LogP contribution >= 0.6 is 11.3 Å². The van der Waals surface area contributed by atoms with E-state index in [-0.39, 0.29) is 37.4 Å². The molecular formula is C14H20N2O4S. The van der Waals surface area contributed by atoms with Crippen molar-refractivity contribution in [2.45, 2.75) is 26.3 Å². The molecule has 116 valence electrons. The Kier molecular flexibility index (Phi) is 6.36. The van der Waals surface area contributed by atoms with Gasteiger partial charge in [-0.2, -0.15) is 0 Å². The molecule has 0 saturated heterocycles. The molecular weight excluding hydrogens is 292 g/mol. The monoisotopic (exact) mass is 312 g/mol. The largest absolute Gasteiger partial charge is 0.481 e. The molecule has 0 unspecified atom stereocenters. The summed E-state index contributed by atoms with van der Waals surface area (Å²) >= 11 is 1.32. The third-order valence-electron chi connectivity index (χ3n) is 2.96. The first-order chi connectivity index (χ1) is 9.82. The van der Waals surface area contributed by atoms with Gasteiger partial charge in [-0.1, -0.05) is 6.07 Å². The fraction of sp³-hybridized carbons (Fsp3) is 0.500. The van der Waals surface area contributed by atoms with Gasteiger partial charge in [0.25, 0.3) is 5.91 Å². The van der Waals surface area contributed by atoms with E-state index < -0.39 is 5.97 Å². The number of hydrogen-bond donors (Lipinski definition) is 1. The normalized spacial score (nSPS) is 10.5. The molecule has 0 fully saturated rings. The second-order valence-electron chi connectivity index (χ2n) is 4.96. The summed E-state index contributed by atoms with van der Waals surface area (Å²) in [5, 5.41) is 10.5. The molecule has 0 atom stereocenters. The topological polar surface area (TPSA) is 77.9 Å². The first-order valence-electron chi connectivity index (χ1n) is 6.63. The smallest absolute Gasteiger partial charge is 0.305 e. The van der Waals surface area contributed by atoms with E-state index in [1.165, 1.54) is 21.1 Å². The number of carboxylic acid groups (broad SMARTS) is 1. The van der Waals surface area contributed by atoms with Gasteiger partial charge < -0.3 is 14.9 Å². The highest BCUT2D eigenvalue weighted by Gasteiger charge is 2.22. The summed E-state index contributed by atoms with van der Waals surface area (Å²) in [6.07, 6.45) is -0.105. The number of hydrogen-bond acceptors (Lipinski definition) is 4. The van der Waals surface area contributed by atoms with Gasteiger partial charge in [-0.3, -0.25) is 14.4 Å². The number of carbonyl (C=O) groups is 3. The van der Waals surface area contributed by atoms with Crippen LogP contribution in [0.25, 0.3) is 0 Å². The molecule has 0 bridgehead atoms. The van der Waals surface area contributed by atoms with Gasteiger partial charge in [-0.15, -0.1) is 11.3 Å². The fourth-order valence-electron chi connectivity index (χ4n) is 1.84. The zero-order valence-corrected chi connectivity index (χ0v) is 13.2. The van der Waals surface area contributed by atoms with Crippen molar-refractivity contribution in [2.75, 3.05) is 20.1 Å². The van der Waals surface area contributed by atoms with E-state index in [0.29, 0.717) is 4.88 Å². The Morgan fingerprint density at radius 1 is 1.33 bits per heavy atom. The Bertz CT molecular complexity index is 499. The summed E-state index contributed by atoms with van der Waals surface area (Å²) in [6, 6.07) is 3.38. The minimum atomic E-state index is -0.948. The number of rotatable bonds is 7. The molecule has 1 aromatic heterocycles. The SMILES string of the molecule is CC(C)N(CCC(=O)O)C(=O)CN(C)C(=O)c1cccs1. The predicted octanol–water partition coefficient (Wildman–Crippen LogP) is 1.53. The molecule has 0 spiro atoms. The molecule has 1 heterocycles. The summed E-state index contributed by atoms with van der Waals surface area (Å²) in [4.78, 5) is 38.3. The Morgan fingerprint density at radius 2 is 2.00 bits per heavy atom. The summed E-state index contributed by atoms with van der Waals surface area (Å²) < 4.78 is 0. The van der Waals surface area contributed by atoms with Crippen LogP contribution in [0.2, 0.25) is 0 Å². The lowest BCUT2D eigenvalue weighted by Gasteiger charge is -2.28. The van der Waals surface area contributed by atoms with E-state index in [2.05, 4.69) is 0 Å². The molecule has 0 radical (unpaired) electrons. The minimum Gasteiger partial charge on any atom is -0.481 e. The van der Waals surface area contributed by atoms with Crippen molar-refractivity contribution in [1.29, 1.82) is 0 Å². The summed E-state index contributed by atoms with van der Waals surface area (Å²) in [5.74, 6) is -1.41. The molecule has 0 aliphatic heterocycles. The van der Waals surface area contributed by atoms with E-state index in [1.807, 2.05) is 13.8 Å². The third-order valence-corrected chi connectivity index (χ3v) is 3.82. The average molecular weight is 312 g/mol. The zero-order chi connectivity index (χ0) is 16.0. The number of carboxylic acids is 1. The van der Waals surface area contributed by atoms with Crippen LogP contribution in [0.5, 0.6) is 0 Å². The molecule has 1 N–H and O–H groups in total. The second-order valence-corrected chi connectivity index (χ2v) is 5.91. The molecule has 2 amide bonds. The molecule has 0 aliphatic carbocycles. The Hall–Kier alpha value is -1.89. The molecule has 0 aliphatic rings. The minimum absolute atomic E-state index is 0.0610. The quantitative estimate of drug-likeness (QED) is 0.828. The Labute approximate surface area is 128 Å². The van der Waals surface area contributed by atoms with Gasteiger partial charge in [0, 0.05) is 19.6 Å². The van der Waals surface area contributed by atoms with Crippen LogP contribution in [-0.2, 0) is 9.59 Å². The number of amides is 2. The lowest BCUT2D eigenvalue weighted by Crippen LogP contribution is -2.45. The Balaban J connectivity index is 2.63. The molecule has 0 saturated carbocycles. The maximum atomic E-state index is 12.2.